The zero-order valence-corrected chi connectivity index (χ0v) is 15.4. The van der Waals surface area contributed by atoms with Gasteiger partial charge in [-0.25, -0.2) is 14.8 Å². The van der Waals surface area contributed by atoms with Gasteiger partial charge in [-0.2, -0.15) is 0 Å². The van der Waals surface area contributed by atoms with E-state index in [4.69, 9.17) is 0 Å². The molecule has 0 saturated heterocycles. The highest BCUT2D eigenvalue weighted by Gasteiger charge is 2.05. The predicted molar refractivity (Wildman–Crippen MR) is 108 cm³/mol. The van der Waals surface area contributed by atoms with E-state index in [-0.39, 0.29) is 6.03 Å². The van der Waals surface area contributed by atoms with E-state index in [9.17, 15) is 4.79 Å². The number of benzene rings is 1. The van der Waals surface area contributed by atoms with Crippen molar-refractivity contribution in [2.75, 3.05) is 27.8 Å². The van der Waals surface area contributed by atoms with Gasteiger partial charge in [0.2, 0.25) is 0 Å². The Hall–Kier alpha value is -3.13. The Labute approximate surface area is 155 Å². The van der Waals surface area contributed by atoms with Crippen LogP contribution in [0.4, 0.5) is 32.8 Å². The molecule has 0 aliphatic heterocycles. The molecule has 0 bridgehead atoms. The first kappa shape index (κ1) is 17.7. The highest BCUT2D eigenvalue weighted by atomic mass is 32.1. The maximum atomic E-state index is 11.9. The Kier molecular flexibility index (Phi) is 5.65. The van der Waals surface area contributed by atoms with Crippen LogP contribution >= 0.6 is 11.3 Å². The highest BCUT2D eigenvalue weighted by molar-refractivity contribution is 7.14. The van der Waals surface area contributed by atoms with Gasteiger partial charge in [-0.1, -0.05) is 0 Å². The van der Waals surface area contributed by atoms with Gasteiger partial charge in [0.15, 0.2) is 0 Å². The average molecular weight is 368 g/mol. The number of amides is 2. The Morgan fingerprint density at radius 3 is 2.46 bits per heavy atom. The molecule has 0 radical (unpaired) electrons. The van der Waals surface area contributed by atoms with Crippen molar-refractivity contribution in [3.05, 3.63) is 53.7 Å². The zero-order valence-electron chi connectivity index (χ0n) is 14.5. The Bertz CT molecular complexity index is 864. The normalized spacial score (nSPS) is 10.2. The number of thiophene rings is 1. The van der Waals surface area contributed by atoms with Gasteiger partial charge in [0.1, 0.15) is 17.5 Å². The van der Waals surface area contributed by atoms with Crippen LogP contribution in [0.5, 0.6) is 0 Å². The first-order valence-corrected chi connectivity index (χ1v) is 9.08. The molecule has 134 valence electrons. The molecule has 3 rings (SSSR count). The lowest BCUT2D eigenvalue weighted by molar-refractivity contribution is 0.262. The molecule has 7 nitrogen and oxygen atoms in total. The smallest absolute Gasteiger partial charge is 0.324 e. The van der Waals surface area contributed by atoms with E-state index in [1.807, 2.05) is 61.7 Å². The van der Waals surface area contributed by atoms with Crippen molar-refractivity contribution >= 4 is 45.4 Å². The monoisotopic (exact) mass is 368 g/mol. The molecule has 4 N–H and O–H groups in total. The fourth-order valence-electron chi connectivity index (χ4n) is 2.31. The summed E-state index contributed by atoms with van der Waals surface area (Å²) in [6.07, 6.45) is 0. The van der Waals surface area contributed by atoms with E-state index in [1.54, 1.807) is 0 Å². The third kappa shape index (κ3) is 4.93. The summed E-state index contributed by atoms with van der Waals surface area (Å²) in [4.78, 5) is 20.6. The van der Waals surface area contributed by atoms with Crippen LogP contribution in [0.1, 0.15) is 12.7 Å². The van der Waals surface area contributed by atoms with E-state index < -0.39 is 0 Å². The van der Waals surface area contributed by atoms with Crippen LogP contribution in [0.2, 0.25) is 0 Å². The van der Waals surface area contributed by atoms with Gasteiger partial charge >= 0.3 is 6.03 Å². The van der Waals surface area contributed by atoms with Gasteiger partial charge in [-0.05, 0) is 55.6 Å². The van der Waals surface area contributed by atoms with E-state index in [2.05, 4.69) is 31.2 Å². The largest absolute Gasteiger partial charge is 0.370 e. The highest BCUT2D eigenvalue weighted by Crippen LogP contribution is 2.20. The summed E-state index contributed by atoms with van der Waals surface area (Å²) in [5.74, 6) is 2.19. The molecule has 0 fully saturated rings. The summed E-state index contributed by atoms with van der Waals surface area (Å²) in [7, 11) is 0. The van der Waals surface area contributed by atoms with Crippen LogP contribution in [-0.2, 0) is 0 Å². The van der Waals surface area contributed by atoms with Crippen molar-refractivity contribution in [1.29, 1.82) is 0 Å². The van der Waals surface area contributed by atoms with Crippen molar-refractivity contribution in [1.82, 2.24) is 9.97 Å². The van der Waals surface area contributed by atoms with Crippen molar-refractivity contribution < 1.29 is 4.79 Å². The van der Waals surface area contributed by atoms with Crippen LogP contribution < -0.4 is 21.3 Å². The lowest BCUT2D eigenvalue weighted by Crippen LogP contribution is -2.18. The van der Waals surface area contributed by atoms with Gasteiger partial charge in [0.25, 0.3) is 0 Å². The van der Waals surface area contributed by atoms with E-state index in [0.29, 0.717) is 17.3 Å². The third-order valence-corrected chi connectivity index (χ3v) is 4.15. The van der Waals surface area contributed by atoms with Crippen LogP contribution in [0, 0.1) is 6.92 Å². The van der Waals surface area contributed by atoms with E-state index >= 15 is 0 Å². The molecule has 0 spiro atoms. The number of aryl methyl sites for hydroxylation is 1. The summed E-state index contributed by atoms with van der Waals surface area (Å²) >= 11 is 1.47. The molecular weight excluding hydrogens is 348 g/mol. The van der Waals surface area contributed by atoms with E-state index in [1.165, 1.54) is 11.3 Å². The topological polar surface area (TPSA) is 91.0 Å². The Morgan fingerprint density at radius 2 is 1.77 bits per heavy atom. The molecule has 2 heterocycles. The fourth-order valence-corrected chi connectivity index (χ4v) is 2.92. The fraction of sp³-hybridized carbons (Fsp3) is 0.167. The number of hydrogen-bond acceptors (Lipinski definition) is 6. The molecule has 0 aliphatic rings. The number of nitrogens with zero attached hydrogens (tertiary/aromatic N) is 2. The number of anilines is 5. The second-order valence-corrected chi connectivity index (χ2v) is 6.42. The van der Waals surface area contributed by atoms with Gasteiger partial charge in [-0.15, -0.1) is 11.3 Å². The molecule has 0 atom stereocenters. The first-order chi connectivity index (χ1) is 12.6. The second kappa shape index (κ2) is 8.30. The molecule has 2 amide bonds. The quantitative estimate of drug-likeness (QED) is 0.508. The predicted octanol–water partition coefficient (Wildman–Crippen LogP) is 4.67. The number of carbonyl (C=O) groups excluding carboxylic acids is 1. The lowest BCUT2D eigenvalue weighted by Gasteiger charge is -2.10. The maximum Gasteiger partial charge on any atom is 0.324 e. The van der Waals surface area contributed by atoms with Crippen LogP contribution in [-0.4, -0.2) is 22.5 Å². The van der Waals surface area contributed by atoms with Crippen molar-refractivity contribution in [2.45, 2.75) is 13.8 Å². The molecule has 3 aromatic rings. The number of nitrogens with one attached hydrogen (secondary N) is 4. The van der Waals surface area contributed by atoms with Crippen LogP contribution in [0.25, 0.3) is 0 Å². The standard InChI is InChI=1S/C18H20N6OS/c1-3-19-15-11-16(21-12(2)20-15)22-13-6-8-14(9-7-13)23-18(25)24-17-5-4-10-26-17/h4-11H,3H2,1-2H3,(H2,23,24,25)(H2,19,20,21,22). The number of aromatic nitrogens is 2. The maximum absolute atomic E-state index is 11.9. The summed E-state index contributed by atoms with van der Waals surface area (Å²) in [6.45, 7) is 4.67. The SMILES string of the molecule is CCNc1cc(Nc2ccc(NC(=O)Nc3cccs3)cc2)nc(C)n1. The van der Waals surface area contributed by atoms with E-state index in [0.717, 1.165) is 23.1 Å². The Balaban J connectivity index is 1.61. The minimum absolute atomic E-state index is 0.269. The molecule has 1 aromatic carbocycles. The van der Waals surface area contributed by atoms with Crippen molar-refractivity contribution in [3.63, 3.8) is 0 Å². The molecule has 8 heteroatoms. The molecular formula is C18H20N6OS. The molecule has 0 unspecified atom stereocenters. The summed E-state index contributed by atoms with van der Waals surface area (Å²) in [5.41, 5.74) is 1.58. The summed E-state index contributed by atoms with van der Waals surface area (Å²) in [5, 5.41) is 14.7. The van der Waals surface area contributed by atoms with Crippen LogP contribution in [0.15, 0.2) is 47.8 Å². The zero-order chi connectivity index (χ0) is 18.4. The number of urea groups is 1. The number of hydrogen-bond donors (Lipinski definition) is 4. The van der Waals surface area contributed by atoms with Gasteiger partial charge in [0, 0.05) is 24.0 Å². The molecule has 2 aromatic heterocycles. The third-order valence-electron chi connectivity index (χ3n) is 3.37. The minimum Gasteiger partial charge on any atom is -0.370 e. The van der Waals surface area contributed by atoms with Crippen LogP contribution in [0.3, 0.4) is 0 Å². The van der Waals surface area contributed by atoms with Crippen molar-refractivity contribution in [3.8, 4) is 0 Å². The molecule has 26 heavy (non-hydrogen) atoms. The molecule has 0 saturated carbocycles. The number of rotatable bonds is 6. The van der Waals surface area contributed by atoms with Gasteiger partial charge < -0.3 is 16.0 Å². The second-order valence-electron chi connectivity index (χ2n) is 5.47. The molecule has 0 aliphatic carbocycles. The first-order valence-electron chi connectivity index (χ1n) is 8.20. The lowest BCUT2D eigenvalue weighted by atomic mass is 10.3. The average Bonchev–Trinajstić information content (AvgIpc) is 3.09. The summed E-state index contributed by atoms with van der Waals surface area (Å²) < 4.78 is 0. The van der Waals surface area contributed by atoms with Crippen molar-refractivity contribution in [2.24, 2.45) is 0 Å². The van der Waals surface area contributed by atoms with Gasteiger partial charge in [-0.3, -0.25) is 5.32 Å². The Morgan fingerprint density at radius 1 is 1.04 bits per heavy atom. The summed E-state index contributed by atoms with van der Waals surface area (Å²) in [6, 6.07) is 12.7. The van der Waals surface area contributed by atoms with Gasteiger partial charge in [0.05, 0.1) is 5.00 Å². The number of carbonyl (C=O) groups is 1. The minimum atomic E-state index is -0.269.